The summed E-state index contributed by atoms with van der Waals surface area (Å²) in [5, 5.41) is 7.70. The Kier molecular flexibility index (Phi) is 5.53. The zero-order valence-electron chi connectivity index (χ0n) is 13.0. The molecule has 22 heavy (non-hydrogen) atoms. The molecule has 2 rings (SSSR count). The molecular formula is C16H20ClN3OS. The van der Waals surface area contributed by atoms with Gasteiger partial charge in [-0.2, -0.15) is 16.9 Å². The van der Waals surface area contributed by atoms with E-state index < -0.39 is 0 Å². The molecule has 1 N–H and O–H groups in total. The van der Waals surface area contributed by atoms with Crippen LogP contribution in [0.4, 0.5) is 0 Å². The Bertz CT molecular complexity index is 649. The summed E-state index contributed by atoms with van der Waals surface area (Å²) in [5.41, 5.74) is 1.28. The molecule has 0 aliphatic heterocycles. The van der Waals surface area contributed by atoms with E-state index in [4.69, 9.17) is 11.6 Å². The minimum atomic E-state index is -0.118. The molecule has 0 aliphatic carbocycles. The highest BCUT2D eigenvalue weighted by Gasteiger charge is 2.12. The van der Waals surface area contributed by atoms with Crippen molar-refractivity contribution in [2.24, 2.45) is 0 Å². The molecule has 1 aromatic carbocycles. The second-order valence-electron chi connectivity index (χ2n) is 5.84. The van der Waals surface area contributed by atoms with Gasteiger partial charge in [0.15, 0.2) is 0 Å². The number of carbonyl (C=O) groups is 1. The second-order valence-corrected chi connectivity index (χ2v) is 8.17. The monoisotopic (exact) mass is 337 g/mol. The molecule has 118 valence electrons. The molecule has 0 unspecified atom stereocenters. The SMILES string of the molecule is CC(C)(C)SCCNC(=O)c1cnn(-c2ccccc2Cl)c1. The third-order valence-corrected chi connectivity index (χ3v) is 4.46. The number of carbonyl (C=O) groups excluding carboxylic acids is 1. The normalized spacial score (nSPS) is 11.5. The van der Waals surface area contributed by atoms with Crippen LogP contribution in [0.15, 0.2) is 36.7 Å². The Balaban J connectivity index is 1.94. The maximum Gasteiger partial charge on any atom is 0.254 e. The minimum Gasteiger partial charge on any atom is -0.351 e. The summed E-state index contributed by atoms with van der Waals surface area (Å²) in [4.78, 5) is 12.1. The van der Waals surface area contributed by atoms with E-state index in [1.807, 2.05) is 30.0 Å². The first-order chi connectivity index (χ1) is 10.4. The lowest BCUT2D eigenvalue weighted by atomic mass is 10.3. The fraction of sp³-hybridized carbons (Fsp3) is 0.375. The number of amides is 1. The molecule has 4 nitrogen and oxygen atoms in total. The zero-order chi connectivity index (χ0) is 16.2. The van der Waals surface area contributed by atoms with E-state index in [0.717, 1.165) is 11.4 Å². The number of para-hydroxylation sites is 1. The lowest BCUT2D eigenvalue weighted by Crippen LogP contribution is -2.26. The van der Waals surface area contributed by atoms with Gasteiger partial charge in [0.2, 0.25) is 0 Å². The van der Waals surface area contributed by atoms with Crippen molar-refractivity contribution in [1.29, 1.82) is 0 Å². The number of nitrogens with one attached hydrogen (secondary N) is 1. The van der Waals surface area contributed by atoms with E-state index in [0.29, 0.717) is 17.1 Å². The smallest absolute Gasteiger partial charge is 0.254 e. The highest BCUT2D eigenvalue weighted by molar-refractivity contribution is 8.00. The Labute approximate surface area is 140 Å². The van der Waals surface area contributed by atoms with Crippen LogP contribution in [0.5, 0.6) is 0 Å². The predicted molar refractivity (Wildman–Crippen MR) is 93.1 cm³/mol. The number of hydrogen-bond donors (Lipinski definition) is 1. The van der Waals surface area contributed by atoms with Crippen LogP contribution in [0.3, 0.4) is 0 Å². The lowest BCUT2D eigenvalue weighted by molar-refractivity contribution is 0.0956. The van der Waals surface area contributed by atoms with E-state index in [1.165, 1.54) is 0 Å². The molecule has 0 radical (unpaired) electrons. The number of rotatable bonds is 5. The van der Waals surface area contributed by atoms with Gasteiger partial charge in [-0.25, -0.2) is 4.68 Å². The van der Waals surface area contributed by atoms with Crippen LogP contribution in [0.2, 0.25) is 5.02 Å². The highest BCUT2D eigenvalue weighted by Crippen LogP contribution is 2.22. The van der Waals surface area contributed by atoms with E-state index in [1.54, 1.807) is 23.1 Å². The number of halogens is 1. The van der Waals surface area contributed by atoms with Gasteiger partial charge in [-0.05, 0) is 12.1 Å². The van der Waals surface area contributed by atoms with Crippen molar-refractivity contribution in [2.45, 2.75) is 25.5 Å². The van der Waals surface area contributed by atoms with E-state index in [9.17, 15) is 4.79 Å². The Morgan fingerprint density at radius 3 is 2.77 bits per heavy atom. The van der Waals surface area contributed by atoms with Gasteiger partial charge in [0, 0.05) is 23.2 Å². The van der Waals surface area contributed by atoms with Crippen LogP contribution in [0, 0.1) is 0 Å². The van der Waals surface area contributed by atoms with Gasteiger partial charge in [0.25, 0.3) is 5.91 Å². The second kappa shape index (κ2) is 7.20. The molecule has 0 saturated carbocycles. The maximum absolute atomic E-state index is 12.1. The largest absolute Gasteiger partial charge is 0.351 e. The fourth-order valence-corrected chi connectivity index (χ4v) is 2.87. The fourth-order valence-electron chi connectivity index (χ4n) is 1.83. The Morgan fingerprint density at radius 1 is 1.36 bits per heavy atom. The first-order valence-electron chi connectivity index (χ1n) is 7.08. The number of hydrogen-bond acceptors (Lipinski definition) is 3. The molecule has 6 heteroatoms. The topological polar surface area (TPSA) is 46.9 Å². The summed E-state index contributed by atoms with van der Waals surface area (Å²) >= 11 is 7.95. The van der Waals surface area contributed by atoms with Crippen molar-refractivity contribution in [3.63, 3.8) is 0 Å². The zero-order valence-corrected chi connectivity index (χ0v) is 14.5. The average molecular weight is 338 g/mol. The summed E-state index contributed by atoms with van der Waals surface area (Å²) in [6, 6.07) is 7.39. The van der Waals surface area contributed by atoms with Crippen molar-refractivity contribution in [3.05, 3.63) is 47.2 Å². The van der Waals surface area contributed by atoms with Crippen molar-refractivity contribution in [3.8, 4) is 5.69 Å². The van der Waals surface area contributed by atoms with Crippen molar-refractivity contribution >= 4 is 29.3 Å². The number of aromatic nitrogens is 2. The lowest BCUT2D eigenvalue weighted by Gasteiger charge is -2.17. The molecular weight excluding hydrogens is 318 g/mol. The van der Waals surface area contributed by atoms with Gasteiger partial charge in [0.05, 0.1) is 22.5 Å². The summed E-state index contributed by atoms with van der Waals surface area (Å²) in [7, 11) is 0. The van der Waals surface area contributed by atoms with Crippen LogP contribution < -0.4 is 5.32 Å². The molecule has 1 heterocycles. The van der Waals surface area contributed by atoms with Crippen molar-refractivity contribution in [1.82, 2.24) is 15.1 Å². The minimum absolute atomic E-state index is 0.118. The number of thioether (sulfide) groups is 1. The van der Waals surface area contributed by atoms with E-state index in [2.05, 4.69) is 31.2 Å². The van der Waals surface area contributed by atoms with Crippen LogP contribution in [-0.4, -0.2) is 32.7 Å². The Morgan fingerprint density at radius 2 is 2.09 bits per heavy atom. The number of nitrogens with zero attached hydrogens (tertiary/aromatic N) is 2. The summed E-state index contributed by atoms with van der Waals surface area (Å²) in [6.45, 7) is 7.12. The van der Waals surface area contributed by atoms with Crippen LogP contribution in [-0.2, 0) is 0 Å². The molecule has 0 atom stereocenters. The molecule has 2 aromatic rings. The van der Waals surface area contributed by atoms with E-state index >= 15 is 0 Å². The molecule has 0 spiro atoms. The van der Waals surface area contributed by atoms with Gasteiger partial charge < -0.3 is 5.32 Å². The highest BCUT2D eigenvalue weighted by atomic mass is 35.5. The Hall–Kier alpha value is -1.46. The number of benzene rings is 1. The van der Waals surface area contributed by atoms with Gasteiger partial charge in [-0.1, -0.05) is 44.5 Å². The summed E-state index contributed by atoms with van der Waals surface area (Å²) in [5.74, 6) is 0.765. The molecule has 0 aliphatic rings. The molecule has 0 bridgehead atoms. The molecule has 1 amide bonds. The van der Waals surface area contributed by atoms with Crippen molar-refractivity contribution in [2.75, 3.05) is 12.3 Å². The summed E-state index contributed by atoms with van der Waals surface area (Å²) in [6.07, 6.45) is 3.24. The maximum atomic E-state index is 12.1. The third kappa shape index (κ3) is 4.78. The summed E-state index contributed by atoms with van der Waals surface area (Å²) < 4.78 is 1.82. The average Bonchev–Trinajstić information content (AvgIpc) is 2.92. The third-order valence-electron chi connectivity index (χ3n) is 2.87. The first-order valence-corrected chi connectivity index (χ1v) is 8.45. The predicted octanol–water partition coefficient (Wildman–Crippen LogP) is 3.79. The van der Waals surface area contributed by atoms with Crippen LogP contribution in [0.25, 0.3) is 5.69 Å². The van der Waals surface area contributed by atoms with E-state index in [-0.39, 0.29) is 10.7 Å². The molecule has 0 saturated heterocycles. The molecule has 1 aromatic heterocycles. The van der Waals surface area contributed by atoms with Gasteiger partial charge in [-0.3, -0.25) is 4.79 Å². The molecule has 0 fully saturated rings. The van der Waals surface area contributed by atoms with Gasteiger partial charge >= 0.3 is 0 Å². The van der Waals surface area contributed by atoms with Crippen LogP contribution >= 0.6 is 23.4 Å². The standard InChI is InChI=1S/C16H20ClN3OS/c1-16(2,3)22-9-8-18-15(21)12-10-19-20(11-12)14-7-5-4-6-13(14)17/h4-7,10-11H,8-9H2,1-3H3,(H,18,21). The van der Waals surface area contributed by atoms with Gasteiger partial charge in [-0.15, -0.1) is 0 Å². The quantitative estimate of drug-likeness (QED) is 0.844. The van der Waals surface area contributed by atoms with Crippen LogP contribution in [0.1, 0.15) is 31.1 Å². The van der Waals surface area contributed by atoms with Gasteiger partial charge in [0.1, 0.15) is 0 Å². The van der Waals surface area contributed by atoms with Crippen molar-refractivity contribution < 1.29 is 4.79 Å². The first kappa shape index (κ1) is 16.9.